The molecule has 0 spiro atoms. The van der Waals surface area contributed by atoms with Crippen LogP contribution >= 0.6 is 0 Å². The van der Waals surface area contributed by atoms with Crippen molar-refractivity contribution >= 4 is 15.9 Å². The fourth-order valence-corrected chi connectivity index (χ4v) is 4.17. The highest BCUT2D eigenvalue weighted by Crippen LogP contribution is 2.17. The van der Waals surface area contributed by atoms with Gasteiger partial charge in [-0.15, -0.1) is 10.2 Å². The Morgan fingerprint density at radius 2 is 2.23 bits per heavy atom. The molecule has 8 heteroatoms. The molecule has 1 unspecified atom stereocenters. The number of pyridine rings is 1. The molecule has 0 saturated carbocycles. The quantitative estimate of drug-likeness (QED) is 0.884. The molecular formula is C14H21N5O2S. The van der Waals surface area contributed by atoms with Crippen LogP contribution < -0.4 is 4.72 Å². The zero-order chi connectivity index (χ0) is 15.6. The van der Waals surface area contributed by atoms with E-state index in [1.807, 2.05) is 28.8 Å². The van der Waals surface area contributed by atoms with Gasteiger partial charge in [0.1, 0.15) is 5.82 Å². The van der Waals surface area contributed by atoms with Gasteiger partial charge in [-0.05, 0) is 30.9 Å². The summed E-state index contributed by atoms with van der Waals surface area (Å²) in [6.45, 7) is 3.61. The SMILES string of the molecule is CC1CCCN(S(=O)(=O)NCCc2nnc3ccccn23)C1. The Bertz CT molecular complexity index is 743. The molecule has 0 bridgehead atoms. The van der Waals surface area contributed by atoms with E-state index in [2.05, 4.69) is 21.8 Å². The van der Waals surface area contributed by atoms with Crippen molar-refractivity contribution in [3.8, 4) is 0 Å². The molecule has 1 fully saturated rings. The molecule has 22 heavy (non-hydrogen) atoms. The third-order valence-corrected chi connectivity index (χ3v) is 5.56. The maximum absolute atomic E-state index is 12.3. The van der Waals surface area contributed by atoms with Crippen LogP contribution in [0, 0.1) is 5.92 Å². The van der Waals surface area contributed by atoms with Crippen molar-refractivity contribution in [3.63, 3.8) is 0 Å². The van der Waals surface area contributed by atoms with Gasteiger partial charge in [-0.3, -0.25) is 4.40 Å². The van der Waals surface area contributed by atoms with E-state index in [-0.39, 0.29) is 0 Å². The summed E-state index contributed by atoms with van der Waals surface area (Å²) in [6.07, 6.45) is 4.41. The van der Waals surface area contributed by atoms with E-state index >= 15 is 0 Å². The lowest BCUT2D eigenvalue weighted by atomic mass is 10.0. The van der Waals surface area contributed by atoms with Crippen molar-refractivity contribution in [2.24, 2.45) is 5.92 Å². The van der Waals surface area contributed by atoms with Crippen LogP contribution in [0.5, 0.6) is 0 Å². The Morgan fingerprint density at radius 1 is 1.36 bits per heavy atom. The van der Waals surface area contributed by atoms with Crippen LogP contribution in [0.1, 0.15) is 25.6 Å². The lowest BCUT2D eigenvalue weighted by molar-refractivity contribution is 0.278. The lowest BCUT2D eigenvalue weighted by Crippen LogP contribution is -2.46. The minimum atomic E-state index is -3.40. The number of nitrogens with one attached hydrogen (secondary N) is 1. The second-order valence-corrected chi connectivity index (χ2v) is 7.56. The largest absolute Gasteiger partial charge is 0.286 e. The van der Waals surface area contributed by atoms with E-state index in [9.17, 15) is 8.42 Å². The van der Waals surface area contributed by atoms with Gasteiger partial charge in [-0.25, -0.2) is 4.72 Å². The maximum Gasteiger partial charge on any atom is 0.279 e. The summed E-state index contributed by atoms with van der Waals surface area (Å²) in [7, 11) is -3.40. The summed E-state index contributed by atoms with van der Waals surface area (Å²) in [4.78, 5) is 0. The molecule has 1 atom stereocenters. The molecule has 2 aromatic heterocycles. The van der Waals surface area contributed by atoms with E-state index in [0.717, 1.165) is 24.3 Å². The molecule has 0 radical (unpaired) electrons. The van der Waals surface area contributed by atoms with Crippen LogP contribution in [-0.4, -0.2) is 47.0 Å². The molecule has 1 aliphatic rings. The Kier molecular flexibility index (Phi) is 4.42. The highest BCUT2D eigenvalue weighted by Gasteiger charge is 2.26. The van der Waals surface area contributed by atoms with Crippen molar-refractivity contribution < 1.29 is 8.42 Å². The van der Waals surface area contributed by atoms with Gasteiger partial charge in [-0.1, -0.05) is 13.0 Å². The minimum Gasteiger partial charge on any atom is -0.286 e. The Hall–Kier alpha value is -1.51. The predicted molar refractivity (Wildman–Crippen MR) is 83.6 cm³/mol. The van der Waals surface area contributed by atoms with Gasteiger partial charge in [0, 0.05) is 32.3 Å². The number of fused-ring (bicyclic) bond motifs is 1. The van der Waals surface area contributed by atoms with Crippen molar-refractivity contribution in [1.82, 2.24) is 23.6 Å². The number of hydrogen-bond acceptors (Lipinski definition) is 4. The van der Waals surface area contributed by atoms with Crippen molar-refractivity contribution in [2.75, 3.05) is 19.6 Å². The van der Waals surface area contributed by atoms with E-state index in [4.69, 9.17) is 0 Å². The van der Waals surface area contributed by atoms with Crippen molar-refractivity contribution in [2.45, 2.75) is 26.2 Å². The normalized spacial score (nSPS) is 20.5. The standard InChI is InChI=1S/C14H21N5O2S/c1-12-5-4-9-18(11-12)22(20,21)15-8-7-14-17-16-13-6-2-3-10-19(13)14/h2-3,6,10,12,15H,4-5,7-9,11H2,1H3. The maximum atomic E-state index is 12.3. The molecule has 0 aliphatic carbocycles. The van der Waals surface area contributed by atoms with E-state index in [1.165, 1.54) is 0 Å². The summed E-state index contributed by atoms with van der Waals surface area (Å²) in [6, 6.07) is 5.67. The smallest absolute Gasteiger partial charge is 0.279 e. The Morgan fingerprint density at radius 3 is 3.05 bits per heavy atom. The van der Waals surface area contributed by atoms with Crippen molar-refractivity contribution in [3.05, 3.63) is 30.2 Å². The molecule has 3 heterocycles. The average molecular weight is 323 g/mol. The zero-order valence-electron chi connectivity index (χ0n) is 12.6. The lowest BCUT2D eigenvalue weighted by Gasteiger charge is -2.29. The Balaban J connectivity index is 1.60. The molecular weight excluding hydrogens is 302 g/mol. The average Bonchev–Trinajstić information content (AvgIpc) is 2.91. The number of aromatic nitrogens is 3. The molecule has 0 aromatic carbocycles. The highest BCUT2D eigenvalue weighted by atomic mass is 32.2. The molecule has 1 saturated heterocycles. The number of nitrogens with zero attached hydrogens (tertiary/aromatic N) is 4. The first-order valence-corrected chi connectivity index (χ1v) is 9.03. The number of hydrogen-bond donors (Lipinski definition) is 1. The Labute approximate surface area is 130 Å². The number of rotatable bonds is 5. The fraction of sp³-hybridized carbons (Fsp3) is 0.571. The molecule has 120 valence electrons. The first kappa shape index (κ1) is 15.4. The second kappa shape index (κ2) is 6.31. The first-order chi connectivity index (χ1) is 10.6. The third-order valence-electron chi connectivity index (χ3n) is 3.98. The summed E-state index contributed by atoms with van der Waals surface area (Å²) in [5.74, 6) is 1.18. The van der Waals surface area contributed by atoms with Gasteiger partial charge >= 0.3 is 0 Å². The summed E-state index contributed by atoms with van der Waals surface area (Å²) < 4.78 is 30.7. The summed E-state index contributed by atoms with van der Waals surface area (Å²) in [5, 5.41) is 8.16. The summed E-state index contributed by atoms with van der Waals surface area (Å²) >= 11 is 0. The monoisotopic (exact) mass is 323 g/mol. The molecule has 1 aliphatic heterocycles. The van der Waals surface area contributed by atoms with E-state index in [1.54, 1.807) is 4.31 Å². The predicted octanol–water partition coefficient (Wildman–Crippen LogP) is 0.838. The van der Waals surface area contributed by atoms with Gasteiger partial charge in [0.15, 0.2) is 5.65 Å². The van der Waals surface area contributed by atoms with Gasteiger partial charge in [0.05, 0.1) is 0 Å². The zero-order valence-corrected chi connectivity index (χ0v) is 13.5. The van der Waals surface area contributed by atoms with Crippen molar-refractivity contribution in [1.29, 1.82) is 0 Å². The molecule has 7 nitrogen and oxygen atoms in total. The van der Waals surface area contributed by atoms with Crippen LogP contribution in [0.4, 0.5) is 0 Å². The molecule has 0 amide bonds. The van der Waals surface area contributed by atoms with Gasteiger partial charge in [-0.2, -0.15) is 12.7 Å². The van der Waals surface area contributed by atoms with Gasteiger partial charge in [0.25, 0.3) is 10.2 Å². The van der Waals surface area contributed by atoms with Crippen LogP contribution in [0.15, 0.2) is 24.4 Å². The topological polar surface area (TPSA) is 79.6 Å². The summed E-state index contributed by atoms with van der Waals surface area (Å²) in [5.41, 5.74) is 0.769. The fourth-order valence-electron chi connectivity index (χ4n) is 2.81. The first-order valence-electron chi connectivity index (χ1n) is 7.59. The van der Waals surface area contributed by atoms with Gasteiger partial charge < -0.3 is 0 Å². The van der Waals surface area contributed by atoms with Crippen LogP contribution in [-0.2, 0) is 16.6 Å². The van der Waals surface area contributed by atoms with Gasteiger partial charge in [0.2, 0.25) is 0 Å². The minimum absolute atomic E-state index is 0.322. The van der Waals surface area contributed by atoms with E-state index < -0.39 is 10.2 Å². The van der Waals surface area contributed by atoms with Crippen LogP contribution in [0.2, 0.25) is 0 Å². The van der Waals surface area contributed by atoms with Crippen LogP contribution in [0.3, 0.4) is 0 Å². The molecule has 2 aromatic rings. The molecule has 3 rings (SSSR count). The molecule has 1 N–H and O–H groups in total. The van der Waals surface area contributed by atoms with Crippen LogP contribution in [0.25, 0.3) is 5.65 Å². The number of piperidine rings is 1. The highest BCUT2D eigenvalue weighted by molar-refractivity contribution is 7.87. The second-order valence-electron chi connectivity index (χ2n) is 5.80. The third kappa shape index (κ3) is 3.29. The van der Waals surface area contributed by atoms with E-state index in [0.29, 0.717) is 32.0 Å².